The normalized spacial score (nSPS) is 15.8. The van der Waals surface area contributed by atoms with E-state index in [1.807, 2.05) is 17.5 Å². The second-order valence-corrected chi connectivity index (χ2v) is 10.5. The summed E-state index contributed by atoms with van der Waals surface area (Å²) in [5.74, 6) is 0. The third-order valence-corrected chi connectivity index (χ3v) is 8.01. The molecule has 4 rings (SSSR count). The molecule has 0 radical (unpaired) electrons. The number of thiazole rings is 1. The van der Waals surface area contributed by atoms with E-state index in [2.05, 4.69) is 15.5 Å². The van der Waals surface area contributed by atoms with Gasteiger partial charge < -0.3 is 0 Å². The number of benzene rings is 2. The Labute approximate surface area is 191 Å². The van der Waals surface area contributed by atoms with Crippen molar-refractivity contribution in [2.24, 2.45) is 5.10 Å². The van der Waals surface area contributed by atoms with Crippen molar-refractivity contribution in [2.45, 2.75) is 30.6 Å². The maximum absolute atomic E-state index is 12.9. The summed E-state index contributed by atoms with van der Waals surface area (Å²) in [6.45, 7) is 1.20. The zero-order valence-corrected chi connectivity index (χ0v) is 19.3. The average molecular weight is 475 g/mol. The van der Waals surface area contributed by atoms with Crippen LogP contribution in [0.15, 0.2) is 63.9 Å². The molecular weight excluding hydrogens is 452 g/mol. The fraction of sp³-hybridized carbons (Fsp3) is 0.273. The van der Waals surface area contributed by atoms with E-state index in [4.69, 9.17) is 11.6 Å². The highest BCUT2D eigenvalue weighted by atomic mass is 35.5. The molecule has 1 N–H and O–H groups in total. The Bertz CT molecular complexity index is 1140. The smallest absolute Gasteiger partial charge is 0.243 e. The first kappa shape index (κ1) is 22.0. The van der Waals surface area contributed by atoms with Crippen LogP contribution in [0.1, 0.15) is 31.2 Å². The first-order valence-electron chi connectivity index (χ1n) is 10.1. The van der Waals surface area contributed by atoms with Crippen LogP contribution < -0.4 is 5.43 Å². The number of sulfonamides is 1. The van der Waals surface area contributed by atoms with Crippen molar-refractivity contribution in [3.05, 3.63) is 64.5 Å². The minimum absolute atomic E-state index is 0.333. The summed E-state index contributed by atoms with van der Waals surface area (Å²) < 4.78 is 27.5. The molecule has 0 atom stereocenters. The van der Waals surface area contributed by atoms with Gasteiger partial charge in [0.1, 0.15) is 0 Å². The molecule has 2 aromatic carbocycles. The highest BCUT2D eigenvalue weighted by Gasteiger charge is 2.25. The Morgan fingerprint density at radius 2 is 1.68 bits per heavy atom. The van der Waals surface area contributed by atoms with E-state index in [1.54, 1.807) is 46.9 Å². The maximum Gasteiger partial charge on any atom is 0.243 e. The SMILES string of the molecule is O=S(=O)(c1ccc(-c2csc(NN=Cc3ccc(Cl)cc3)n2)cc1)N1CCCCCC1. The summed E-state index contributed by atoms with van der Waals surface area (Å²) in [5, 5.41) is 7.45. The van der Waals surface area contributed by atoms with Crippen LogP contribution in [0, 0.1) is 0 Å². The van der Waals surface area contributed by atoms with Crippen LogP contribution >= 0.6 is 22.9 Å². The molecule has 0 aliphatic carbocycles. The van der Waals surface area contributed by atoms with Gasteiger partial charge in [-0.3, -0.25) is 5.43 Å². The Morgan fingerprint density at radius 1 is 1.00 bits per heavy atom. The zero-order chi connectivity index (χ0) is 21.7. The lowest BCUT2D eigenvalue weighted by Crippen LogP contribution is -2.31. The molecule has 0 spiro atoms. The van der Waals surface area contributed by atoms with Crippen LogP contribution in [0.5, 0.6) is 0 Å². The van der Waals surface area contributed by atoms with Crippen LogP contribution in [-0.4, -0.2) is 37.0 Å². The number of nitrogens with zero attached hydrogens (tertiary/aromatic N) is 3. The quantitative estimate of drug-likeness (QED) is 0.379. The summed E-state index contributed by atoms with van der Waals surface area (Å²) in [6, 6.07) is 14.3. The molecule has 1 aromatic heterocycles. The van der Waals surface area contributed by atoms with Crippen molar-refractivity contribution < 1.29 is 8.42 Å². The standard InChI is InChI=1S/C22H23ClN4O2S2/c23-19-9-5-17(6-10-19)15-24-26-22-25-21(16-30-22)18-7-11-20(12-8-18)31(28,29)27-13-3-1-2-4-14-27/h5-12,15-16H,1-4,13-14H2,(H,25,26). The van der Waals surface area contributed by atoms with E-state index in [-0.39, 0.29) is 0 Å². The van der Waals surface area contributed by atoms with Gasteiger partial charge in [0.2, 0.25) is 15.2 Å². The van der Waals surface area contributed by atoms with E-state index in [0.29, 0.717) is 28.1 Å². The Kier molecular flexibility index (Phi) is 7.02. The fourth-order valence-corrected chi connectivity index (χ4v) is 5.71. The first-order chi connectivity index (χ1) is 15.0. The summed E-state index contributed by atoms with van der Waals surface area (Å²) in [6.07, 6.45) is 5.72. The lowest BCUT2D eigenvalue weighted by Gasteiger charge is -2.19. The predicted molar refractivity (Wildman–Crippen MR) is 127 cm³/mol. The molecule has 3 aromatic rings. The molecule has 2 heterocycles. The monoisotopic (exact) mass is 474 g/mol. The highest BCUT2D eigenvalue weighted by Crippen LogP contribution is 2.27. The van der Waals surface area contributed by atoms with Gasteiger partial charge in [0.25, 0.3) is 0 Å². The number of halogens is 1. The van der Waals surface area contributed by atoms with Gasteiger partial charge in [0.15, 0.2) is 0 Å². The summed E-state index contributed by atoms with van der Waals surface area (Å²) >= 11 is 7.31. The zero-order valence-electron chi connectivity index (χ0n) is 16.9. The second-order valence-electron chi connectivity index (χ2n) is 7.30. The van der Waals surface area contributed by atoms with Crippen LogP contribution in [0.3, 0.4) is 0 Å². The van der Waals surface area contributed by atoms with E-state index in [0.717, 1.165) is 42.5 Å². The number of hydrazone groups is 1. The van der Waals surface area contributed by atoms with Crippen molar-refractivity contribution >= 4 is 44.3 Å². The first-order valence-corrected chi connectivity index (χ1v) is 12.8. The molecule has 1 saturated heterocycles. The predicted octanol–water partition coefficient (Wildman–Crippen LogP) is 5.47. The van der Waals surface area contributed by atoms with Crippen molar-refractivity contribution in [1.82, 2.24) is 9.29 Å². The Balaban J connectivity index is 1.42. The van der Waals surface area contributed by atoms with Gasteiger partial charge in [0.05, 0.1) is 16.8 Å². The molecule has 9 heteroatoms. The number of nitrogens with one attached hydrogen (secondary N) is 1. The van der Waals surface area contributed by atoms with Crippen molar-refractivity contribution in [1.29, 1.82) is 0 Å². The number of hydrogen-bond donors (Lipinski definition) is 1. The number of rotatable bonds is 6. The minimum Gasteiger partial charge on any atom is -0.253 e. The van der Waals surface area contributed by atoms with Crippen LogP contribution in [0.2, 0.25) is 5.02 Å². The van der Waals surface area contributed by atoms with Gasteiger partial charge in [-0.25, -0.2) is 13.4 Å². The number of hydrogen-bond acceptors (Lipinski definition) is 6. The number of aromatic nitrogens is 1. The maximum atomic E-state index is 12.9. The molecule has 162 valence electrons. The van der Waals surface area contributed by atoms with E-state index < -0.39 is 10.0 Å². The Morgan fingerprint density at radius 3 is 2.35 bits per heavy atom. The molecular formula is C22H23ClN4O2S2. The summed E-state index contributed by atoms with van der Waals surface area (Å²) in [4.78, 5) is 4.87. The topological polar surface area (TPSA) is 74.7 Å². The number of anilines is 1. The van der Waals surface area contributed by atoms with Gasteiger partial charge in [-0.05, 0) is 42.7 Å². The van der Waals surface area contributed by atoms with E-state index >= 15 is 0 Å². The van der Waals surface area contributed by atoms with Crippen molar-refractivity contribution in [2.75, 3.05) is 18.5 Å². The molecule has 31 heavy (non-hydrogen) atoms. The van der Waals surface area contributed by atoms with Crippen LogP contribution in [0.4, 0.5) is 5.13 Å². The Hall–Kier alpha value is -2.26. The summed E-state index contributed by atoms with van der Waals surface area (Å²) in [5.41, 5.74) is 5.48. The molecule has 0 amide bonds. The molecule has 0 unspecified atom stereocenters. The average Bonchev–Trinajstić information content (AvgIpc) is 3.07. The van der Waals surface area contributed by atoms with Gasteiger partial charge in [-0.1, -0.05) is 48.7 Å². The van der Waals surface area contributed by atoms with Gasteiger partial charge in [-0.2, -0.15) is 9.41 Å². The highest BCUT2D eigenvalue weighted by molar-refractivity contribution is 7.89. The van der Waals surface area contributed by atoms with Gasteiger partial charge in [0, 0.05) is 29.1 Å². The third kappa shape index (κ3) is 5.51. The second kappa shape index (κ2) is 9.91. The fourth-order valence-electron chi connectivity index (χ4n) is 3.40. The molecule has 1 aliphatic heterocycles. The van der Waals surface area contributed by atoms with E-state index in [1.165, 1.54) is 11.3 Å². The molecule has 1 aliphatic rings. The van der Waals surface area contributed by atoms with Crippen molar-refractivity contribution in [3.8, 4) is 11.3 Å². The molecule has 0 saturated carbocycles. The molecule has 0 bridgehead atoms. The third-order valence-electron chi connectivity index (χ3n) is 5.10. The summed E-state index contributed by atoms with van der Waals surface area (Å²) in [7, 11) is -3.44. The van der Waals surface area contributed by atoms with Gasteiger partial charge >= 0.3 is 0 Å². The van der Waals surface area contributed by atoms with Crippen molar-refractivity contribution in [3.63, 3.8) is 0 Å². The molecule has 1 fully saturated rings. The van der Waals surface area contributed by atoms with Crippen LogP contribution in [0.25, 0.3) is 11.3 Å². The lowest BCUT2D eigenvalue weighted by molar-refractivity contribution is 0.424. The molecule has 6 nitrogen and oxygen atoms in total. The lowest BCUT2D eigenvalue weighted by atomic mass is 10.2. The largest absolute Gasteiger partial charge is 0.253 e. The van der Waals surface area contributed by atoms with Gasteiger partial charge in [-0.15, -0.1) is 11.3 Å². The van der Waals surface area contributed by atoms with E-state index in [9.17, 15) is 8.42 Å². The van der Waals surface area contributed by atoms with Crippen LogP contribution in [-0.2, 0) is 10.0 Å². The minimum atomic E-state index is -3.44.